The van der Waals surface area contributed by atoms with Crippen molar-refractivity contribution in [1.82, 2.24) is 5.32 Å². The zero-order valence-electron chi connectivity index (χ0n) is 9.83. The van der Waals surface area contributed by atoms with Crippen molar-refractivity contribution in [3.05, 3.63) is 28.8 Å². The van der Waals surface area contributed by atoms with Crippen molar-refractivity contribution in [3.63, 3.8) is 0 Å². The quantitative estimate of drug-likeness (QED) is 0.783. The lowest BCUT2D eigenvalue weighted by atomic mass is 10.2. The van der Waals surface area contributed by atoms with E-state index in [0.29, 0.717) is 22.2 Å². The van der Waals surface area contributed by atoms with Gasteiger partial charge in [0.1, 0.15) is 0 Å². The smallest absolute Gasteiger partial charge is 0.230 e. The molecule has 0 saturated carbocycles. The Balaban J connectivity index is 2.38. The number of hydrogen-bond donors (Lipinski definition) is 2. The van der Waals surface area contributed by atoms with E-state index in [0.717, 1.165) is 18.5 Å². The molecule has 1 aromatic carbocycles. The lowest BCUT2D eigenvalue weighted by Gasteiger charge is -2.07. The molecular weight excluding hydrogens is 256 g/mol. The molecule has 17 heavy (non-hydrogen) atoms. The maximum atomic E-state index is 11.4. The Bertz CT molecular complexity index is 365. The molecule has 0 saturated heterocycles. The summed E-state index contributed by atoms with van der Waals surface area (Å²) in [6.45, 7) is 2.76. The highest BCUT2D eigenvalue weighted by molar-refractivity contribution is 7.99. The number of carbonyl (C=O) groups is 1. The van der Waals surface area contributed by atoms with Gasteiger partial charge >= 0.3 is 0 Å². The van der Waals surface area contributed by atoms with E-state index in [1.54, 1.807) is 0 Å². The fourth-order valence-corrected chi connectivity index (χ4v) is 2.53. The molecule has 0 spiro atoms. The average Bonchev–Trinajstić information content (AvgIpc) is 2.30. The molecule has 1 amide bonds. The molecule has 0 heterocycles. The Labute approximate surface area is 111 Å². The van der Waals surface area contributed by atoms with Gasteiger partial charge in [-0.25, -0.2) is 0 Å². The van der Waals surface area contributed by atoms with E-state index in [4.69, 9.17) is 17.3 Å². The van der Waals surface area contributed by atoms with Crippen LogP contribution in [0.5, 0.6) is 0 Å². The second-order valence-electron chi connectivity index (χ2n) is 3.65. The van der Waals surface area contributed by atoms with Crippen LogP contribution in [0, 0.1) is 0 Å². The van der Waals surface area contributed by atoms with E-state index in [9.17, 15) is 4.79 Å². The van der Waals surface area contributed by atoms with Crippen LogP contribution in [0.3, 0.4) is 0 Å². The second-order valence-corrected chi connectivity index (χ2v) is 5.04. The zero-order valence-corrected chi connectivity index (χ0v) is 11.4. The van der Waals surface area contributed by atoms with Crippen molar-refractivity contribution in [2.75, 3.05) is 18.0 Å². The third kappa shape index (κ3) is 4.88. The van der Waals surface area contributed by atoms with E-state index >= 15 is 0 Å². The molecule has 1 rings (SSSR count). The maximum absolute atomic E-state index is 11.4. The number of anilines is 1. The van der Waals surface area contributed by atoms with Crippen molar-refractivity contribution < 1.29 is 4.79 Å². The van der Waals surface area contributed by atoms with Gasteiger partial charge in [0.15, 0.2) is 0 Å². The zero-order chi connectivity index (χ0) is 12.7. The van der Waals surface area contributed by atoms with Gasteiger partial charge in [0.25, 0.3) is 0 Å². The van der Waals surface area contributed by atoms with Crippen molar-refractivity contribution >= 4 is 35.0 Å². The Hall–Kier alpha value is -0.870. The fourth-order valence-electron chi connectivity index (χ4n) is 1.29. The minimum Gasteiger partial charge on any atom is -0.398 e. The van der Waals surface area contributed by atoms with Gasteiger partial charge in [-0.05, 0) is 18.6 Å². The van der Waals surface area contributed by atoms with Crippen LogP contribution in [0.4, 0.5) is 5.69 Å². The van der Waals surface area contributed by atoms with Crippen LogP contribution in [0.25, 0.3) is 0 Å². The second kappa shape index (κ2) is 7.45. The third-order valence-electron chi connectivity index (χ3n) is 2.21. The van der Waals surface area contributed by atoms with E-state index in [2.05, 4.69) is 5.32 Å². The number of halogens is 1. The highest BCUT2D eigenvalue weighted by Crippen LogP contribution is 2.26. The molecule has 0 aliphatic heterocycles. The van der Waals surface area contributed by atoms with Gasteiger partial charge < -0.3 is 11.1 Å². The van der Waals surface area contributed by atoms with Crippen molar-refractivity contribution in [3.8, 4) is 0 Å². The topological polar surface area (TPSA) is 55.1 Å². The summed E-state index contributed by atoms with van der Waals surface area (Å²) >= 11 is 7.55. The molecule has 0 aromatic heterocycles. The van der Waals surface area contributed by atoms with Crippen LogP contribution in [0.2, 0.25) is 5.02 Å². The molecular formula is C12H17ClN2OS. The molecule has 0 fully saturated rings. The summed E-state index contributed by atoms with van der Waals surface area (Å²) in [6, 6.07) is 5.45. The number of carbonyl (C=O) groups excluding carboxylic acids is 1. The lowest BCUT2D eigenvalue weighted by molar-refractivity contribution is -0.118. The predicted molar refractivity (Wildman–Crippen MR) is 75.3 cm³/mol. The van der Waals surface area contributed by atoms with E-state index in [-0.39, 0.29) is 5.91 Å². The van der Waals surface area contributed by atoms with E-state index < -0.39 is 0 Å². The Kier molecular flexibility index (Phi) is 6.22. The van der Waals surface area contributed by atoms with Gasteiger partial charge in [-0.2, -0.15) is 0 Å². The Morgan fingerprint density at radius 2 is 2.29 bits per heavy atom. The first-order chi connectivity index (χ1) is 8.15. The van der Waals surface area contributed by atoms with Gasteiger partial charge in [0.05, 0.1) is 5.75 Å². The first-order valence-corrected chi connectivity index (χ1v) is 7.05. The average molecular weight is 273 g/mol. The normalized spacial score (nSPS) is 10.2. The number of benzene rings is 1. The van der Waals surface area contributed by atoms with Crippen LogP contribution in [0.15, 0.2) is 18.2 Å². The van der Waals surface area contributed by atoms with Crippen LogP contribution in [-0.4, -0.2) is 18.2 Å². The molecule has 3 nitrogen and oxygen atoms in total. The standard InChI is InChI=1S/C12H17ClN2OS/c1-2-6-15-12(16)8-17-7-9-10(13)4-3-5-11(9)14/h3-5H,2,6-8,14H2,1H3,(H,15,16). The molecule has 0 unspecified atom stereocenters. The summed E-state index contributed by atoms with van der Waals surface area (Å²) in [5, 5.41) is 3.48. The van der Waals surface area contributed by atoms with E-state index in [1.165, 1.54) is 11.8 Å². The van der Waals surface area contributed by atoms with Crippen LogP contribution in [0.1, 0.15) is 18.9 Å². The highest BCUT2D eigenvalue weighted by atomic mass is 35.5. The van der Waals surface area contributed by atoms with Gasteiger partial charge in [-0.3, -0.25) is 4.79 Å². The molecule has 0 aliphatic rings. The number of thioether (sulfide) groups is 1. The molecule has 0 radical (unpaired) electrons. The van der Waals surface area contributed by atoms with Crippen molar-refractivity contribution in [1.29, 1.82) is 0 Å². The summed E-state index contributed by atoms with van der Waals surface area (Å²) in [5.41, 5.74) is 7.40. The first kappa shape index (κ1) is 14.2. The number of rotatable bonds is 6. The first-order valence-electron chi connectivity index (χ1n) is 5.52. The minimum absolute atomic E-state index is 0.0578. The Morgan fingerprint density at radius 3 is 2.94 bits per heavy atom. The molecule has 94 valence electrons. The third-order valence-corrected chi connectivity index (χ3v) is 3.52. The summed E-state index contributed by atoms with van der Waals surface area (Å²) in [7, 11) is 0. The SMILES string of the molecule is CCCNC(=O)CSCc1c(N)cccc1Cl. The monoisotopic (exact) mass is 272 g/mol. The molecule has 0 atom stereocenters. The minimum atomic E-state index is 0.0578. The van der Waals surface area contributed by atoms with Crippen LogP contribution < -0.4 is 11.1 Å². The fraction of sp³-hybridized carbons (Fsp3) is 0.417. The van der Waals surface area contributed by atoms with E-state index in [1.807, 2.05) is 25.1 Å². The molecule has 1 aromatic rings. The maximum Gasteiger partial charge on any atom is 0.230 e. The van der Waals surface area contributed by atoms with Crippen molar-refractivity contribution in [2.45, 2.75) is 19.1 Å². The molecule has 3 N–H and O–H groups in total. The van der Waals surface area contributed by atoms with Gasteiger partial charge in [0, 0.05) is 28.6 Å². The van der Waals surface area contributed by atoms with Gasteiger partial charge in [0.2, 0.25) is 5.91 Å². The number of nitrogen functional groups attached to an aromatic ring is 1. The van der Waals surface area contributed by atoms with Crippen LogP contribution in [-0.2, 0) is 10.5 Å². The number of amides is 1. The van der Waals surface area contributed by atoms with Crippen LogP contribution >= 0.6 is 23.4 Å². The van der Waals surface area contributed by atoms with Crippen molar-refractivity contribution in [2.24, 2.45) is 0 Å². The number of nitrogens with one attached hydrogen (secondary N) is 1. The van der Waals surface area contributed by atoms with Gasteiger partial charge in [-0.1, -0.05) is 24.6 Å². The molecule has 5 heteroatoms. The lowest BCUT2D eigenvalue weighted by Crippen LogP contribution is -2.25. The molecule has 0 aliphatic carbocycles. The van der Waals surface area contributed by atoms with Gasteiger partial charge in [-0.15, -0.1) is 11.8 Å². The summed E-state index contributed by atoms with van der Waals surface area (Å²) in [5.74, 6) is 1.15. The summed E-state index contributed by atoms with van der Waals surface area (Å²) in [4.78, 5) is 11.4. The summed E-state index contributed by atoms with van der Waals surface area (Å²) < 4.78 is 0. The largest absolute Gasteiger partial charge is 0.398 e. The highest BCUT2D eigenvalue weighted by Gasteiger charge is 2.06. The Morgan fingerprint density at radius 1 is 1.53 bits per heavy atom. The predicted octanol–water partition coefficient (Wildman–Crippen LogP) is 2.68. The summed E-state index contributed by atoms with van der Waals surface area (Å²) in [6.07, 6.45) is 0.952. The molecule has 0 bridgehead atoms. The number of hydrogen-bond acceptors (Lipinski definition) is 3. The number of nitrogens with two attached hydrogens (primary N) is 1.